The molecule has 0 saturated heterocycles. The monoisotopic (exact) mass is 233 g/mol. The summed E-state index contributed by atoms with van der Waals surface area (Å²) in [6, 6.07) is 7.46. The molecule has 1 atom stereocenters. The van der Waals surface area contributed by atoms with Crippen LogP contribution in [0.5, 0.6) is 0 Å². The lowest BCUT2D eigenvalue weighted by Crippen LogP contribution is -2.20. The van der Waals surface area contributed by atoms with Crippen LogP contribution in [0.3, 0.4) is 0 Å². The van der Waals surface area contributed by atoms with Crippen molar-refractivity contribution in [3.8, 4) is 0 Å². The lowest BCUT2D eigenvalue weighted by Gasteiger charge is -2.22. The summed E-state index contributed by atoms with van der Waals surface area (Å²) in [6.45, 7) is 9.05. The van der Waals surface area contributed by atoms with E-state index < -0.39 is 0 Å². The van der Waals surface area contributed by atoms with Gasteiger partial charge in [-0.25, -0.2) is 0 Å². The van der Waals surface area contributed by atoms with Crippen LogP contribution in [0.15, 0.2) is 18.2 Å². The van der Waals surface area contributed by atoms with Crippen LogP contribution in [0, 0.1) is 5.92 Å². The molecule has 1 nitrogen and oxygen atoms in total. The van der Waals surface area contributed by atoms with Crippen molar-refractivity contribution in [1.29, 1.82) is 0 Å². The maximum absolute atomic E-state index is 3.48. The van der Waals surface area contributed by atoms with Gasteiger partial charge in [-0.1, -0.05) is 45.9 Å². The highest BCUT2D eigenvalue weighted by Gasteiger charge is 2.14. The Kier molecular flexibility index (Phi) is 5.70. The van der Waals surface area contributed by atoms with Crippen molar-refractivity contribution in [1.82, 2.24) is 5.32 Å². The molecule has 0 aromatic heterocycles. The summed E-state index contributed by atoms with van der Waals surface area (Å²) in [7, 11) is 2.07. The predicted molar refractivity (Wildman–Crippen MR) is 76.5 cm³/mol. The highest BCUT2D eigenvalue weighted by Crippen LogP contribution is 2.26. The average molecular weight is 233 g/mol. The normalized spacial score (nSPS) is 13.1. The Balaban J connectivity index is 3.05. The summed E-state index contributed by atoms with van der Waals surface area (Å²) in [5.74, 6) is 0.724. The molecule has 0 bridgehead atoms. The molecule has 1 heteroatoms. The quantitative estimate of drug-likeness (QED) is 0.779. The van der Waals surface area contributed by atoms with Gasteiger partial charge in [0.05, 0.1) is 0 Å². The maximum atomic E-state index is 3.48. The zero-order valence-electron chi connectivity index (χ0n) is 12.0. The van der Waals surface area contributed by atoms with Crippen LogP contribution < -0.4 is 5.32 Å². The number of hydrogen-bond donors (Lipinski definition) is 1. The van der Waals surface area contributed by atoms with Crippen molar-refractivity contribution in [3.05, 3.63) is 34.9 Å². The Morgan fingerprint density at radius 3 is 2.29 bits per heavy atom. The van der Waals surface area contributed by atoms with Gasteiger partial charge in [0, 0.05) is 6.04 Å². The van der Waals surface area contributed by atoms with Gasteiger partial charge in [0.15, 0.2) is 0 Å². The number of aryl methyl sites for hydroxylation is 2. The van der Waals surface area contributed by atoms with Crippen LogP contribution in [0.25, 0.3) is 0 Å². The van der Waals surface area contributed by atoms with E-state index in [1.54, 1.807) is 0 Å². The smallest absolute Gasteiger partial charge is 0.0322 e. The Labute approximate surface area is 107 Å². The number of hydrogen-bond acceptors (Lipinski definition) is 1. The zero-order chi connectivity index (χ0) is 12.8. The average Bonchev–Trinajstić information content (AvgIpc) is 2.34. The van der Waals surface area contributed by atoms with E-state index in [1.165, 1.54) is 23.1 Å². The van der Waals surface area contributed by atoms with E-state index in [4.69, 9.17) is 0 Å². The van der Waals surface area contributed by atoms with Crippen molar-refractivity contribution < 1.29 is 0 Å². The Morgan fingerprint density at radius 2 is 1.82 bits per heavy atom. The largest absolute Gasteiger partial charge is 0.313 e. The van der Waals surface area contributed by atoms with Gasteiger partial charge in [0.25, 0.3) is 0 Å². The van der Waals surface area contributed by atoms with Crippen LogP contribution in [0.4, 0.5) is 0 Å². The van der Waals surface area contributed by atoms with E-state index in [-0.39, 0.29) is 0 Å². The van der Waals surface area contributed by atoms with Crippen LogP contribution >= 0.6 is 0 Å². The van der Waals surface area contributed by atoms with Gasteiger partial charge in [0.2, 0.25) is 0 Å². The van der Waals surface area contributed by atoms with Gasteiger partial charge >= 0.3 is 0 Å². The fraction of sp³-hybridized carbons (Fsp3) is 0.625. The predicted octanol–water partition coefficient (Wildman–Crippen LogP) is 4.12. The Hall–Kier alpha value is -0.820. The highest BCUT2D eigenvalue weighted by atomic mass is 14.9. The van der Waals surface area contributed by atoms with Crippen molar-refractivity contribution in [2.45, 2.75) is 53.0 Å². The summed E-state index contributed by atoms with van der Waals surface area (Å²) in [4.78, 5) is 0. The third-order valence-electron chi connectivity index (χ3n) is 3.43. The van der Waals surface area contributed by atoms with Gasteiger partial charge < -0.3 is 5.32 Å². The molecule has 0 aliphatic carbocycles. The van der Waals surface area contributed by atoms with Gasteiger partial charge in [-0.15, -0.1) is 0 Å². The van der Waals surface area contributed by atoms with Gasteiger partial charge in [-0.2, -0.15) is 0 Å². The first-order chi connectivity index (χ1) is 8.12. The van der Waals surface area contributed by atoms with Crippen LogP contribution in [0.1, 0.15) is 56.8 Å². The lowest BCUT2D eigenvalue weighted by atomic mass is 9.90. The standard InChI is InChI=1S/C16H27N/c1-6-13-8-9-14(7-2)15(11-13)16(17-5)10-12(3)4/h8-9,11-12,16-17H,6-7,10H2,1-5H3. The first-order valence-electron chi connectivity index (χ1n) is 6.91. The molecule has 1 aromatic carbocycles. The molecule has 1 aromatic rings. The first kappa shape index (κ1) is 14.2. The molecule has 1 unspecified atom stereocenters. The molecule has 0 heterocycles. The molecule has 17 heavy (non-hydrogen) atoms. The molecular weight excluding hydrogens is 206 g/mol. The minimum Gasteiger partial charge on any atom is -0.313 e. The van der Waals surface area contributed by atoms with Crippen LogP contribution in [0.2, 0.25) is 0 Å². The number of benzene rings is 1. The summed E-state index contributed by atoms with van der Waals surface area (Å²) >= 11 is 0. The van der Waals surface area contributed by atoms with Crippen LogP contribution in [-0.2, 0) is 12.8 Å². The van der Waals surface area contributed by atoms with E-state index in [2.05, 4.69) is 58.3 Å². The highest BCUT2D eigenvalue weighted by molar-refractivity contribution is 5.34. The third kappa shape index (κ3) is 3.85. The molecule has 1 N–H and O–H groups in total. The van der Waals surface area contributed by atoms with Crippen molar-refractivity contribution in [2.75, 3.05) is 7.05 Å². The summed E-state index contributed by atoms with van der Waals surface area (Å²) in [5, 5.41) is 3.48. The summed E-state index contributed by atoms with van der Waals surface area (Å²) in [5.41, 5.74) is 4.44. The third-order valence-corrected chi connectivity index (χ3v) is 3.43. The molecule has 1 rings (SSSR count). The minimum atomic E-state index is 0.497. The van der Waals surface area contributed by atoms with E-state index in [9.17, 15) is 0 Å². The van der Waals surface area contributed by atoms with E-state index >= 15 is 0 Å². The number of rotatable bonds is 6. The van der Waals surface area contributed by atoms with Crippen molar-refractivity contribution >= 4 is 0 Å². The fourth-order valence-electron chi connectivity index (χ4n) is 2.38. The molecule has 0 aliphatic heterocycles. The minimum absolute atomic E-state index is 0.497. The maximum Gasteiger partial charge on any atom is 0.0322 e. The topological polar surface area (TPSA) is 12.0 Å². The van der Waals surface area contributed by atoms with Gasteiger partial charge in [-0.05, 0) is 48.9 Å². The van der Waals surface area contributed by atoms with E-state index in [0.29, 0.717) is 6.04 Å². The van der Waals surface area contributed by atoms with Crippen molar-refractivity contribution in [2.24, 2.45) is 5.92 Å². The molecule has 0 aliphatic rings. The molecule has 0 radical (unpaired) electrons. The second-order valence-corrected chi connectivity index (χ2v) is 5.21. The van der Waals surface area contributed by atoms with E-state index in [0.717, 1.165) is 18.8 Å². The summed E-state index contributed by atoms with van der Waals surface area (Å²) in [6.07, 6.45) is 3.45. The second kappa shape index (κ2) is 6.80. The molecular formula is C16H27N. The molecule has 96 valence electrons. The lowest BCUT2D eigenvalue weighted by molar-refractivity contribution is 0.454. The van der Waals surface area contributed by atoms with Gasteiger partial charge in [-0.3, -0.25) is 0 Å². The first-order valence-corrected chi connectivity index (χ1v) is 6.91. The van der Waals surface area contributed by atoms with Gasteiger partial charge in [0.1, 0.15) is 0 Å². The fourth-order valence-corrected chi connectivity index (χ4v) is 2.38. The molecule has 0 fully saturated rings. The molecule has 0 amide bonds. The summed E-state index contributed by atoms with van der Waals surface area (Å²) < 4.78 is 0. The van der Waals surface area contributed by atoms with Crippen molar-refractivity contribution in [3.63, 3.8) is 0 Å². The second-order valence-electron chi connectivity index (χ2n) is 5.21. The molecule has 0 spiro atoms. The Bertz CT molecular complexity index is 341. The SMILES string of the molecule is CCc1ccc(CC)c(C(CC(C)C)NC)c1. The zero-order valence-corrected chi connectivity index (χ0v) is 12.0. The molecule has 0 saturated carbocycles. The number of nitrogens with one attached hydrogen (secondary N) is 1. The Morgan fingerprint density at radius 1 is 1.12 bits per heavy atom. The van der Waals surface area contributed by atoms with E-state index in [1.807, 2.05) is 0 Å². The van der Waals surface area contributed by atoms with Crippen LogP contribution in [-0.4, -0.2) is 7.05 Å².